The molecule has 2 rings (SSSR count). The molecular formula is C13H13N3O. The summed E-state index contributed by atoms with van der Waals surface area (Å²) in [6.07, 6.45) is 3.38. The summed E-state index contributed by atoms with van der Waals surface area (Å²) in [5.74, 6) is 0.913. The molecular weight excluding hydrogens is 214 g/mol. The van der Waals surface area contributed by atoms with Gasteiger partial charge in [0.15, 0.2) is 0 Å². The highest BCUT2D eigenvalue weighted by molar-refractivity contribution is 5.45. The first-order chi connectivity index (χ1) is 8.33. The fourth-order valence-corrected chi connectivity index (χ4v) is 1.62. The third-order valence-electron chi connectivity index (χ3n) is 2.54. The lowest BCUT2D eigenvalue weighted by Gasteiger charge is -2.21. The Hall–Kier alpha value is -2.28. The van der Waals surface area contributed by atoms with Crippen molar-refractivity contribution in [1.82, 2.24) is 4.98 Å². The molecule has 0 fully saturated rings. The molecule has 0 saturated carbocycles. The topological polar surface area (TPSA) is 53.1 Å². The molecule has 17 heavy (non-hydrogen) atoms. The predicted molar refractivity (Wildman–Crippen MR) is 64.4 cm³/mol. The van der Waals surface area contributed by atoms with Gasteiger partial charge in [-0.1, -0.05) is 0 Å². The summed E-state index contributed by atoms with van der Waals surface area (Å²) < 4.78 is 5.32. The van der Waals surface area contributed by atoms with E-state index in [4.69, 9.17) is 9.68 Å². The van der Waals surface area contributed by atoms with Crippen molar-refractivity contribution in [3.63, 3.8) is 0 Å². The molecule has 2 heterocycles. The maximum absolute atomic E-state index is 8.69. The van der Waals surface area contributed by atoms with Gasteiger partial charge in [-0.15, -0.1) is 0 Å². The molecule has 0 aliphatic heterocycles. The highest BCUT2D eigenvalue weighted by Gasteiger charge is 2.07. The van der Waals surface area contributed by atoms with E-state index in [9.17, 15) is 0 Å². The summed E-state index contributed by atoms with van der Waals surface area (Å²) in [6.45, 7) is 3.63. The summed E-state index contributed by atoms with van der Waals surface area (Å²) in [6, 6.07) is 9.45. The summed E-state index contributed by atoms with van der Waals surface area (Å²) in [5.41, 5.74) is 1.42. The van der Waals surface area contributed by atoms with Gasteiger partial charge in [0.1, 0.15) is 17.5 Å². The molecule has 0 atom stereocenters. The van der Waals surface area contributed by atoms with Crippen molar-refractivity contribution < 1.29 is 4.42 Å². The van der Waals surface area contributed by atoms with E-state index in [1.165, 1.54) is 0 Å². The smallest absolute Gasteiger partial charge is 0.140 e. The van der Waals surface area contributed by atoms with Crippen LogP contribution in [0.1, 0.15) is 18.4 Å². The fraction of sp³-hybridized carbons (Fsp3) is 0.231. The van der Waals surface area contributed by atoms with Gasteiger partial charge in [0, 0.05) is 6.54 Å². The Morgan fingerprint density at radius 3 is 2.82 bits per heavy atom. The Labute approximate surface area is 100 Å². The van der Waals surface area contributed by atoms with Gasteiger partial charge in [0.2, 0.25) is 0 Å². The Morgan fingerprint density at radius 1 is 1.41 bits per heavy atom. The van der Waals surface area contributed by atoms with Crippen LogP contribution in [0, 0.1) is 11.3 Å². The normalized spacial score (nSPS) is 9.88. The van der Waals surface area contributed by atoms with Crippen molar-refractivity contribution in [2.75, 3.05) is 11.4 Å². The molecule has 0 amide bonds. The van der Waals surface area contributed by atoms with Crippen molar-refractivity contribution >= 4 is 5.69 Å². The van der Waals surface area contributed by atoms with E-state index >= 15 is 0 Å². The number of rotatable bonds is 4. The van der Waals surface area contributed by atoms with Crippen LogP contribution in [0.3, 0.4) is 0 Å². The van der Waals surface area contributed by atoms with Crippen LogP contribution in [0.5, 0.6) is 0 Å². The fourth-order valence-electron chi connectivity index (χ4n) is 1.62. The number of nitrogens with zero attached hydrogens (tertiary/aromatic N) is 3. The van der Waals surface area contributed by atoms with Gasteiger partial charge in [-0.05, 0) is 31.2 Å². The second-order valence-corrected chi connectivity index (χ2v) is 3.61. The van der Waals surface area contributed by atoms with Crippen LogP contribution in [0.2, 0.25) is 0 Å². The van der Waals surface area contributed by atoms with Gasteiger partial charge in [0.25, 0.3) is 0 Å². The van der Waals surface area contributed by atoms with Crippen LogP contribution in [-0.4, -0.2) is 11.5 Å². The average molecular weight is 227 g/mol. The molecule has 4 nitrogen and oxygen atoms in total. The highest BCUT2D eigenvalue weighted by atomic mass is 16.3. The molecule has 2 aromatic heterocycles. The number of hydrogen-bond acceptors (Lipinski definition) is 4. The number of hydrogen-bond donors (Lipinski definition) is 0. The van der Waals surface area contributed by atoms with Gasteiger partial charge in [0.05, 0.1) is 24.7 Å². The van der Waals surface area contributed by atoms with E-state index < -0.39 is 0 Å². The number of anilines is 1. The van der Waals surface area contributed by atoms with E-state index in [2.05, 4.69) is 16.8 Å². The Morgan fingerprint density at radius 2 is 2.29 bits per heavy atom. The first kappa shape index (κ1) is 11.2. The van der Waals surface area contributed by atoms with Crippen LogP contribution in [0.15, 0.2) is 41.1 Å². The van der Waals surface area contributed by atoms with E-state index in [-0.39, 0.29) is 0 Å². The second kappa shape index (κ2) is 5.17. The maximum atomic E-state index is 8.69. The van der Waals surface area contributed by atoms with E-state index in [1.54, 1.807) is 18.5 Å². The van der Waals surface area contributed by atoms with E-state index in [1.807, 2.05) is 24.3 Å². The predicted octanol–water partition coefficient (Wildman–Crippen LogP) is 2.57. The Bertz CT molecular complexity index is 496. The third-order valence-corrected chi connectivity index (χ3v) is 2.54. The molecule has 0 aliphatic rings. The lowest BCUT2D eigenvalue weighted by molar-refractivity contribution is 0.503. The summed E-state index contributed by atoms with van der Waals surface area (Å²) >= 11 is 0. The lowest BCUT2D eigenvalue weighted by Crippen LogP contribution is -2.21. The molecule has 0 radical (unpaired) electrons. The number of nitriles is 1. The van der Waals surface area contributed by atoms with Gasteiger partial charge in [-0.2, -0.15) is 5.26 Å². The van der Waals surface area contributed by atoms with Crippen molar-refractivity contribution in [3.8, 4) is 6.07 Å². The molecule has 0 saturated heterocycles. The minimum Gasteiger partial charge on any atom is -0.467 e. The zero-order valence-electron chi connectivity index (χ0n) is 9.63. The second-order valence-electron chi connectivity index (χ2n) is 3.61. The van der Waals surface area contributed by atoms with Gasteiger partial charge >= 0.3 is 0 Å². The number of furan rings is 1. The van der Waals surface area contributed by atoms with Crippen molar-refractivity contribution in [3.05, 3.63) is 48.2 Å². The van der Waals surface area contributed by atoms with Crippen molar-refractivity contribution in [2.45, 2.75) is 13.5 Å². The maximum Gasteiger partial charge on any atom is 0.140 e. The molecule has 0 aromatic carbocycles. The monoisotopic (exact) mass is 227 g/mol. The summed E-state index contributed by atoms with van der Waals surface area (Å²) in [7, 11) is 0. The molecule has 0 aliphatic carbocycles. The quantitative estimate of drug-likeness (QED) is 0.805. The molecule has 0 bridgehead atoms. The molecule has 0 N–H and O–H groups in total. The van der Waals surface area contributed by atoms with Crippen LogP contribution in [-0.2, 0) is 6.54 Å². The van der Waals surface area contributed by atoms with Crippen LogP contribution in [0.25, 0.3) is 0 Å². The molecule has 4 heteroatoms. The molecule has 0 unspecified atom stereocenters. The zero-order valence-corrected chi connectivity index (χ0v) is 9.63. The van der Waals surface area contributed by atoms with E-state index in [0.29, 0.717) is 12.2 Å². The van der Waals surface area contributed by atoms with E-state index in [0.717, 1.165) is 18.0 Å². The summed E-state index contributed by atoms with van der Waals surface area (Å²) in [4.78, 5) is 6.19. The van der Waals surface area contributed by atoms with Crippen molar-refractivity contribution in [2.24, 2.45) is 0 Å². The van der Waals surface area contributed by atoms with Crippen molar-refractivity contribution in [1.29, 1.82) is 5.26 Å². The highest BCUT2D eigenvalue weighted by Crippen LogP contribution is 2.16. The van der Waals surface area contributed by atoms with Crippen LogP contribution in [0.4, 0.5) is 5.69 Å². The first-order valence-electron chi connectivity index (χ1n) is 5.47. The zero-order chi connectivity index (χ0) is 12.1. The lowest BCUT2D eigenvalue weighted by atomic mass is 10.3. The minimum absolute atomic E-state index is 0.433. The standard InChI is InChI=1S/C13H13N3O/c1-2-16(10-13-4-3-7-17-13)12-6-5-11(8-14)15-9-12/h3-7,9H,2,10H2,1H3. The molecule has 2 aromatic rings. The SMILES string of the molecule is CCN(Cc1ccco1)c1ccc(C#N)nc1. The average Bonchev–Trinajstić information content (AvgIpc) is 2.89. The summed E-state index contributed by atoms with van der Waals surface area (Å²) in [5, 5.41) is 8.69. The van der Waals surface area contributed by atoms with Gasteiger partial charge in [-0.3, -0.25) is 0 Å². The minimum atomic E-state index is 0.433. The molecule has 0 spiro atoms. The van der Waals surface area contributed by atoms with Crippen LogP contribution < -0.4 is 4.90 Å². The Kier molecular flexibility index (Phi) is 3.41. The molecule has 86 valence electrons. The van der Waals surface area contributed by atoms with Crippen LogP contribution >= 0.6 is 0 Å². The largest absolute Gasteiger partial charge is 0.467 e. The Balaban J connectivity index is 2.14. The third kappa shape index (κ3) is 2.64. The number of aromatic nitrogens is 1. The first-order valence-corrected chi connectivity index (χ1v) is 5.47. The van der Waals surface area contributed by atoms with Gasteiger partial charge in [-0.25, -0.2) is 4.98 Å². The number of pyridine rings is 1. The van der Waals surface area contributed by atoms with Gasteiger partial charge < -0.3 is 9.32 Å².